The Morgan fingerprint density at radius 3 is 1.50 bits per heavy atom. The fraction of sp³-hybridized carbons (Fsp3) is 1.00. The van der Waals surface area contributed by atoms with E-state index in [0.29, 0.717) is 0 Å². The van der Waals surface area contributed by atoms with Gasteiger partial charge in [0.2, 0.25) is 0 Å². The van der Waals surface area contributed by atoms with Crippen molar-refractivity contribution in [3.8, 4) is 0 Å². The molecule has 0 N–H and O–H groups in total. The van der Waals surface area contributed by atoms with E-state index in [4.69, 9.17) is 0 Å². The van der Waals surface area contributed by atoms with Crippen LogP contribution in [0, 0.1) is 0 Å². The predicted octanol–water partition coefficient (Wildman–Crippen LogP) is 3.84. The number of hydrogen-bond acceptors (Lipinski definition) is 0. The standard InChI is InChI=1S/C5H10B.C2H6.CH3Cl.H2/c1-2-4-6-5-3-1;2*1-2;/h1-5H2;1-2H3;1H3;1H. The average molecular weight is 164 g/mol. The van der Waals surface area contributed by atoms with E-state index in [9.17, 15) is 0 Å². The van der Waals surface area contributed by atoms with Crippen molar-refractivity contribution in [3.05, 3.63) is 0 Å². The van der Waals surface area contributed by atoms with Gasteiger partial charge in [0.25, 0.3) is 0 Å². The molecule has 1 saturated heterocycles. The molecule has 1 rings (SSSR count). The lowest BCUT2D eigenvalue weighted by molar-refractivity contribution is 0.734. The highest BCUT2D eigenvalue weighted by Gasteiger charge is 1.97. The molecule has 63 valence electrons. The molecule has 2 heteroatoms. The molecule has 0 saturated carbocycles. The van der Waals surface area contributed by atoms with Gasteiger partial charge in [-0.05, 0) is 0 Å². The maximum Gasteiger partial charge on any atom is 0.109 e. The second kappa shape index (κ2) is 16.2. The third-order valence-electron chi connectivity index (χ3n) is 1.32. The first-order valence-electron chi connectivity index (χ1n) is 4.19. The summed E-state index contributed by atoms with van der Waals surface area (Å²) in [5.74, 6) is 0. The second-order valence-corrected chi connectivity index (χ2v) is 1.93. The van der Waals surface area contributed by atoms with Gasteiger partial charge in [-0.3, -0.25) is 0 Å². The van der Waals surface area contributed by atoms with Gasteiger partial charge in [-0.2, -0.15) is 0 Å². The summed E-state index contributed by atoms with van der Waals surface area (Å²) in [6.45, 7) is 4.00. The molecule has 1 aliphatic heterocycles. The summed E-state index contributed by atoms with van der Waals surface area (Å²) in [7, 11) is 2.39. The van der Waals surface area contributed by atoms with Crippen molar-refractivity contribution in [1.82, 2.24) is 0 Å². The van der Waals surface area contributed by atoms with E-state index >= 15 is 0 Å². The molecule has 10 heavy (non-hydrogen) atoms. The maximum absolute atomic E-state index is 4.64. The number of alkyl halides is 1. The quantitative estimate of drug-likeness (QED) is 0.376. The number of halogens is 1. The van der Waals surface area contributed by atoms with Crippen molar-refractivity contribution in [2.45, 2.75) is 45.8 Å². The van der Waals surface area contributed by atoms with E-state index in [2.05, 4.69) is 18.9 Å². The summed E-state index contributed by atoms with van der Waals surface area (Å²) in [6, 6.07) is 0. The van der Waals surface area contributed by atoms with Crippen LogP contribution in [0.4, 0.5) is 0 Å². The first kappa shape index (κ1) is 13.0. The first-order valence-corrected chi connectivity index (χ1v) is 4.95. The van der Waals surface area contributed by atoms with Crippen LogP contribution >= 0.6 is 11.6 Å². The molecule has 1 heterocycles. The number of rotatable bonds is 0. The molecule has 1 radical (unpaired) electrons. The monoisotopic (exact) mass is 163 g/mol. The van der Waals surface area contributed by atoms with Crippen LogP contribution in [0.2, 0.25) is 12.6 Å². The summed E-state index contributed by atoms with van der Waals surface area (Å²) >= 11 is 4.64. The van der Waals surface area contributed by atoms with Gasteiger partial charge >= 0.3 is 0 Å². The van der Waals surface area contributed by atoms with Gasteiger partial charge in [0.15, 0.2) is 0 Å². The van der Waals surface area contributed by atoms with Gasteiger partial charge in [0.05, 0.1) is 0 Å². The van der Waals surface area contributed by atoms with Gasteiger partial charge in [0.1, 0.15) is 7.28 Å². The summed E-state index contributed by atoms with van der Waals surface area (Å²) in [4.78, 5) is 0. The second-order valence-electron chi connectivity index (χ2n) is 1.93. The highest BCUT2D eigenvalue weighted by atomic mass is 35.5. The predicted molar refractivity (Wildman–Crippen MR) is 54.5 cm³/mol. The minimum atomic E-state index is 0. The summed E-state index contributed by atoms with van der Waals surface area (Å²) < 4.78 is 0. The summed E-state index contributed by atoms with van der Waals surface area (Å²) in [5.41, 5.74) is 0. The largest absolute Gasteiger partial charge is 0.130 e. The Balaban J connectivity index is -0.000000114. The smallest absolute Gasteiger partial charge is 0.109 e. The van der Waals surface area contributed by atoms with E-state index in [1.165, 1.54) is 38.3 Å². The van der Waals surface area contributed by atoms with E-state index in [1.807, 2.05) is 13.8 Å². The summed E-state index contributed by atoms with van der Waals surface area (Å²) in [6.07, 6.45) is 8.58. The maximum atomic E-state index is 4.64. The molecule has 1 fully saturated rings. The van der Waals surface area contributed by atoms with Gasteiger partial charge in [0, 0.05) is 7.81 Å². The lowest BCUT2D eigenvalue weighted by atomic mass is 9.64. The molecule has 1 aliphatic rings. The minimum Gasteiger partial charge on any atom is -0.130 e. The van der Waals surface area contributed by atoms with Crippen molar-refractivity contribution in [3.63, 3.8) is 0 Å². The zero-order valence-corrected chi connectivity index (χ0v) is 8.25. The fourth-order valence-corrected chi connectivity index (χ4v) is 0.898. The highest BCUT2D eigenvalue weighted by molar-refractivity contribution is 6.35. The minimum absolute atomic E-state index is 0. The Labute approximate surface area is 73.1 Å². The molecule has 0 nitrogen and oxygen atoms in total. The summed E-state index contributed by atoms with van der Waals surface area (Å²) in [5, 5.41) is 0. The van der Waals surface area contributed by atoms with E-state index in [0.717, 1.165) is 0 Å². The van der Waals surface area contributed by atoms with Crippen molar-refractivity contribution < 1.29 is 1.43 Å². The SMILES string of the molecule is CC.CCl.[B]1CCCCC1.[HH]. The molecule has 0 aliphatic carbocycles. The van der Waals surface area contributed by atoms with Gasteiger partial charge < -0.3 is 0 Å². The molecule has 0 bridgehead atoms. The Morgan fingerprint density at radius 1 is 1.00 bits per heavy atom. The third-order valence-corrected chi connectivity index (χ3v) is 1.32. The molecule has 0 aromatic rings. The normalized spacial score (nSPS) is 14.8. The van der Waals surface area contributed by atoms with Crippen LogP contribution in [-0.4, -0.2) is 13.7 Å². The lowest BCUT2D eigenvalue weighted by Gasteiger charge is -2.04. The van der Waals surface area contributed by atoms with Crippen LogP contribution in [0.1, 0.15) is 34.5 Å². The molecule has 0 aromatic carbocycles. The Kier molecular flexibility index (Phi) is 21.0. The molecule has 0 atom stereocenters. The van der Waals surface area contributed by atoms with Crippen molar-refractivity contribution >= 4 is 18.9 Å². The van der Waals surface area contributed by atoms with Crippen LogP contribution in [-0.2, 0) is 0 Å². The van der Waals surface area contributed by atoms with Crippen LogP contribution in [0.5, 0.6) is 0 Å². The Morgan fingerprint density at radius 2 is 1.40 bits per heavy atom. The Hall–Kier alpha value is 0.355. The van der Waals surface area contributed by atoms with Gasteiger partial charge in [-0.15, -0.1) is 11.6 Å². The van der Waals surface area contributed by atoms with Crippen molar-refractivity contribution in [1.29, 1.82) is 0 Å². The van der Waals surface area contributed by atoms with E-state index in [1.54, 1.807) is 0 Å². The molecule has 0 aromatic heterocycles. The first-order chi connectivity index (χ1) is 5.00. The topological polar surface area (TPSA) is 0 Å². The van der Waals surface area contributed by atoms with Gasteiger partial charge in [-0.25, -0.2) is 0 Å². The van der Waals surface area contributed by atoms with E-state index in [-0.39, 0.29) is 1.43 Å². The molecule has 0 spiro atoms. The fourth-order valence-electron chi connectivity index (χ4n) is 0.898. The zero-order valence-electron chi connectivity index (χ0n) is 7.49. The van der Waals surface area contributed by atoms with Gasteiger partial charge in [-0.1, -0.05) is 45.8 Å². The van der Waals surface area contributed by atoms with Crippen LogP contribution in [0.25, 0.3) is 0 Å². The van der Waals surface area contributed by atoms with Crippen molar-refractivity contribution in [2.75, 3.05) is 6.38 Å². The molecule has 0 unspecified atom stereocenters. The molecular weight excluding hydrogens is 142 g/mol. The van der Waals surface area contributed by atoms with Crippen molar-refractivity contribution in [2.24, 2.45) is 0 Å². The molecular formula is C8H21BCl. The highest BCUT2D eigenvalue weighted by Crippen LogP contribution is 2.10. The molecule has 0 amide bonds. The average Bonchev–Trinajstić information content (AvgIpc) is 2.14. The number of hydrogen-bond donors (Lipinski definition) is 0. The Bertz CT molecular complexity index is 29.6. The van der Waals surface area contributed by atoms with Crippen LogP contribution < -0.4 is 0 Å². The van der Waals surface area contributed by atoms with Crippen LogP contribution in [0.3, 0.4) is 0 Å². The van der Waals surface area contributed by atoms with E-state index < -0.39 is 0 Å². The zero-order chi connectivity index (χ0) is 8.24. The third kappa shape index (κ3) is 11.2. The lowest BCUT2D eigenvalue weighted by Crippen LogP contribution is -1.94. The van der Waals surface area contributed by atoms with Crippen LogP contribution in [0.15, 0.2) is 0 Å².